The third-order valence-electron chi connectivity index (χ3n) is 8.91. The topological polar surface area (TPSA) is 185 Å². The van der Waals surface area contributed by atoms with Gasteiger partial charge in [0.25, 0.3) is 0 Å². The predicted molar refractivity (Wildman–Crippen MR) is 192 cm³/mol. The highest BCUT2D eigenvalue weighted by molar-refractivity contribution is 7.52. The van der Waals surface area contributed by atoms with Crippen molar-refractivity contribution in [3.05, 3.63) is 42.7 Å². The number of fused-ring (bicyclic) bond motifs is 1. The molecule has 0 bridgehead atoms. The van der Waals surface area contributed by atoms with Crippen LogP contribution in [-0.2, 0) is 32.9 Å². The minimum Gasteiger partial charge on any atom is -0.461 e. The van der Waals surface area contributed by atoms with E-state index < -0.39 is 56.7 Å². The molecule has 17 heteroatoms. The zero-order valence-electron chi connectivity index (χ0n) is 30.6. The van der Waals surface area contributed by atoms with Crippen molar-refractivity contribution in [2.45, 2.75) is 116 Å². The summed E-state index contributed by atoms with van der Waals surface area (Å²) < 4.78 is 60.6. The van der Waals surface area contributed by atoms with Crippen molar-refractivity contribution in [3.8, 4) is 18.1 Å². The summed E-state index contributed by atoms with van der Waals surface area (Å²) in [4.78, 5) is 37.6. The van der Waals surface area contributed by atoms with Gasteiger partial charge in [-0.3, -0.25) is 18.7 Å². The Labute approximate surface area is 308 Å². The number of aromatic nitrogens is 4. The second kappa shape index (κ2) is 17.4. The van der Waals surface area contributed by atoms with E-state index in [9.17, 15) is 23.7 Å². The van der Waals surface area contributed by atoms with Crippen LogP contribution in [0.25, 0.3) is 11.2 Å². The van der Waals surface area contributed by atoms with Crippen LogP contribution in [0.5, 0.6) is 5.75 Å². The van der Waals surface area contributed by atoms with Gasteiger partial charge in [0, 0.05) is 18.8 Å². The number of anilines is 1. The molecule has 2 aliphatic rings. The van der Waals surface area contributed by atoms with Crippen LogP contribution in [0.3, 0.4) is 0 Å². The van der Waals surface area contributed by atoms with E-state index in [1.54, 1.807) is 44.2 Å². The van der Waals surface area contributed by atoms with E-state index in [1.807, 2.05) is 13.8 Å². The van der Waals surface area contributed by atoms with E-state index in [1.165, 1.54) is 17.8 Å². The summed E-state index contributed by atoms with van der Waals surface area (Å²) in [6.45, 7) is 8.10. The molecule has 0 spiro atoms. The van der Waals surface area contributed by atoms with Gasteiger partial charge in [-0.15, -0.1) is 6.42 Å². The van der Waals surface area contributed by atoms with Gasteiger partial charge in [0.1, 0.15) is 36.8 Å². The summed E-state index contributed by atoms with van der Waals surface area (Å²) in [5.74, 6) is 1.32. The Morgan fingerprint density at radius 1 is 1.15 bits per heavy atom. The fourth-order valence-corrected chi connectivity index (χ4v) is 7.59. The van der Waals surface area contributed by atoms with E-state index in [0.717, 1.165) is 32.1 Å². The summed E-state index contributed by atoms with van der Waals surface area (Å²) in [5.41, 5.74) is -1.73. The van der Waals surface area contributed by atoms with Crippen molar-refractivity contribution < 1.29 is 46.9 Å². The molecule has 1 saturated heterocycles. The van der Waals surface area contributed by atoms with E-state index in [4.69, 9.17) is 29.7 Å². The van der Waals surface area contributed by atoms with Crippen LogP contribution >= 0.6 is 7.75 Å². The zero-order chi connectivity index (χ0) is 38.3. The second-order valence-corrected chi connectivity index (χ2v) is 15.8. The lowest BCUT2D eigenvalue weighted by molar-refractivity contribution is -0.189. The van der Waals surface area contributed by atoms with E-state index in [2.05, 4.69) is 31.3 Å². The summed E-state index contributed by atoms with van der Waals surface area (Å²) >= 11 is 0. The number of para-hydroxylation sites is 1. The average Bonchev–Trinajstić information content (AvgIpc) is 3.69. The molecule has 53 heavy (non-hydrogen) atoms. The Morgan fingerprint density at radius 2 is 1.87 bits per heavy atom. The molecule has 2 unspecified atom stereocenters. The first-order chi connectivity index (χ1) is 25.2. The predicted octanol–water partition coefficient (Wildman–Crippen LogP) is 5.66. The molecule has 3 aromatic rings. The van der Waals surface area contributed by atoms with Gasteiger partial charge in [-0.25, -0.2) is 9.55 Å². The number of carbonyl (C=O) groups is 2. The molecule has 6 atom stereocenters. The molecule has 2 aromatic heterocycles. The van der Waals surface area contributed by atoms with Gasteiger partial charge >= 0.3 is 19.8 Å². The second-order valence-electron chi connectivity index (χ2n) is 14.1. The first kappa shape index (κ1) is 40.2. The minimum atomic E-state index is -4.42. The van der Waals surface area contributed by atoms with Crippen LogP contribution in [0.4, 0.5) is 10.2 Å². The van der Waals surface area contributed by atoms with Gasteiger partial charge in [0.05, 0.1) is 6.33 Å². The number of amides is 1. The fourth-order valence-electron chi connectivity index (χ4n) is 6.07. The standard InChI is InChI=1S/C36H48FN6O9P/c1-7-36(20-48-53(47,52-26-16-12-9-13-17-26)42-24(6)34(46)49-25-14-10-8-11-15-25)27(50-33(45)23(4)5)19-29(51-36)43-21-38-30-31(39-28(44)18-22(2)3)40-35(37)41-32(30)43/h1,9,12-13,16-17,21-25,27,29,33,45H,8,10-11,14-15,18-20H2,2-6H3,(H,42,47)(H,39,40,41,44)/t24-,27-,29+,33?,36+,53?/m0/s1. The molecule has 3 N–H and O–H groups in total. The number of carbonyl (C=O) groups excluding carboxylic acids is 2. The Kier molecular flexibility index (Phi) is 13.2. The van der Waals surface area contributed by atoms with Crippen molar-refractivity contribution in [1.29, 1.82) is 0 Å². The van der Waals surface area contributed by atoms with Crippen LogP contribution in [0.2, 0.25) is 0 Å². The van der Waals surface area contributed by atoms with Gasteiger partial charge in [-0.2, -0.15) is 19.4 Å². The molecule has 288 valence electrons. The number of imidazole rings is 1. The monoisotopic (exact) mass is 758 g/mol. The molecule has 0 radical (unpaired) electrons. The highest BCUT2D eigenvalue weighted by Crippen LogP contribution is 2.49. The van der Waals surface area contributed by atoms with Crippen LogP contribution in [0.1, 0.15) is 85.8 Å². The van der Waals surface area contributed by atoms with Crippen LogP contribution < -0.4 is 14.9 Å². The number of nitrogens with zero attached hydrogens (tertiary/aromatic N) is 4. The van der Waals surface area contributed by atoms with Crippen molar-refractivity contribution >= 4 is 36.6 Å². The summed E-state index contributed by atoms with van der Waals surface area (Å²) in [6, 6.07) is 7.12. The lowest BCUT2D eigenvalue weighted by atomic mass is 9.98. The number of aliphatic hydroxyl groups excluding tert-OH is 1. The Bertz CT molecular complexity index is 1820. The molecule has 2 fully saturated rings. The lowest BCUT2D eigenvalue weighted by Gasteiger charge is -2.33. The molecule has 5 rings (SSSR count). The molecule has 15 nitrogen and oxygen atoms in total. The molecular formula is C36H48FN6O9P. The smallest absolute Gasteiger partial charge is 0.459 e. The number of esters is 1. The third-order valence-corrected chi connectivity index (χ3v) is 10.5. The molecule has 1 saturated carbocycles. The van der Waals surface area contributed by atoms with Gasteiger partial charge < -0.3 is 29.2 Å². The molecule has 1 aliphatic heterocycles. The quantitative estimate of drug-likeness (QED) is 0.0535. The average molecular weight is 759 g/mol. The van der Waals surface area contributed by atoms with Crippen LogP contribution in [0, 0.1) is 30.3 Å². The first-order valence-corrected chi connectivity index (χ1v) is 19.4. The normalized spacial score (nSPS) is 23.0. The Balaban J connectivity index is 1.43. The third kappa shape index (κ3) is 10.2. The first-order valence-electron chi connectivity index (χ1n) is 17.9. The number of hydrogen-bond acceptors (Lipinski definition) is 12. The van der Waals surface area contributed by atoms with Crippen molar-refractivity contribution in [2.75, 3.05) is 11.9 Å². The molecule has 1 amide bonds. The maximum Gasteiger partial charge on any atom is 0.459 e. The van der Waals surface area contributed by atoms with Crippen LogP contribution in [0.15, 0.2) is 36.7 Å². The van der Waals surface area contributed by atoms with Crippen molar-refractivity contribution in [1.82, 2.24) is 24.6 Å². The maximum absolute atomic E-state index is 14.8. The van der Waals surface area contributed by atoms with E-state index >= 15 is 0 Å². The molecule has 1 aromatic carbocycles. The highest BCUT2D eigenvalue weighted by Gasteiger charge is 2.53. The number of aliphatic hydroxyl groups is 1. The number of benzene rings is 1. The number of rotatable bonds is 16. The zero-order valence-corrected chi connectivity index (χ0v) is 31.5. The number of terminal acetylenes is 1. The molecule has 1 aliphatic carbocycles. The van der Waals surface area contributed by atoms with E-state index in [0.29, 0.717) is 0 Å². The fraction of sp³-hybridized carbons (Fsp3) is 0.583. The highest BCUT2D eigenvalue weighted by atomic mass is 31.2. The minimum absolute atomic E-state index is 0.00991. The molecular weight excluding hydrogens is 710 g/mol. The lowest BCUT2D eigenvalue weighted by Crippen LogP contribution is -2.47. The summed E-state index contributed by atoms with van der Waals surface area (Å²) in [6.07, 6.45) is 7.33. The van der Waals surface area contributed by atoms with Gasteiger partial charge in [-0.05, 0) is 50.7 Å². The van der Waals surface area contributed by atoms with Gasteiger partial charge in [0.15, 0.2) is 28.9 Å². The number of ether oxygens (including phenoxy) is 3. The number of nitrogens with one attached hydrogen (secondary N) is 2. The van der Waals surface area contributed by atoms with Crippen LogP contribution in [-0.4, -0.2) is 73.2 Å². The number of halogens is 1. The van der Waals surface area contributed by atoms with E-state index in [-0.39, 0.29) is 59.4 Å². The van der Waals surface area contributed by atoms with Crippen molar-refractivity contribution in [2.24, 2.45) is 11.8 Å². The Morgan fingerprint density at radius 3 is 2.53 bits per heavy atom. The van der Waals surface area contributed by atoms with Crippen molar-refractivity contribution in [3.63, 3.8) is 0 Å². The number of hydrogen-bond donors (Lipinski definition) is 3. The van der Waals surface area contributed by atoms with Gasteiger partial charge in [-0.1, -0.05) is 58.2 Å². The summed E-state index contributed by atoms with van der Waals surface area (Å²) in [5, 5.41) is 16.1. The molecule has 3 heterocycles. The van der Waals surface area contributed by atoms with Gasteiger partial charge in [0.2, 0.25) is 5.91 Å². The largest absolute Gasteiger partial charge is 0.461 e. The SMILES string of the molecule is C#C[C@]1(COP(=O)(N[C@@H](C)C(=O)OC2CCCCC2)Oc2ccccc2)O[C@@H](n2cnc3c(NC(=O)CC(C)C)nc(F)nc32)C[C@@H]1OC(O)C(C)C. The Hall–Kier alpha value is -3.97. The summed E-state index contributed by atoms with van der Waals surface area (Å²) in [7, 11) is -4.42. The maximum atomic E-state index is 14.8.